The van der Waals surface area contributed by atoms with Crippen LogP contribution in [0, 0.1) is 5.41 Å². The molecule has 1 rings (SSSR count). The molecule has 0 saturated heterocycles. The van der Waals surface area contributed by atoms with Crippen LogP contribution in [-0.4, -0.2) is 0 Å². The van der Waals surface area contributed by atoms with E-state index in [2.05, 4.69) is 13.8 Å². The maximum atomic E-state index is 2.30. The van der Waals surface area contributed by atoms with Gasteiger partial charge in [0.15, 0.2) is 0 Å². The van der Waals surface area contributed by atoms with Crippen LogP contribution >= 0.6 is 12.4 Å². The summed E-state index contributed by atoms with van der Waals surface area (Å²) >= 11 is 0. The standard InChI is InChI=1S/C5H10.ClH/c1-5(2)3-4-5;/h3-4H2,1-2H3;1H. The lowest BCUT2D eigenvalue weighted by molar-refractivity contribution is 0.653. The summed E-state index contributed by atoms with van der Waals surface area (Å²) in [5, 5.41) is 0. The highest BCUT2D eigenvalue weighted by atomic mass is 35.5. The van der Waals surface area contributed by atoms with Crippen molar-refractivity contribution in [3.8, 4) is 0 Å². The molecule has 0 aromatic rings. The minimum Gasteiger partial charge on any atom is -0.147 e. The molecule has 1 saturated carbocycles. The van der Waals surface area contributed by atoms with E-state index in [-0.39, 0.29) is 12.4 Å². The second-order valence-corrected chi connectivity index (χ2v) is 2.66. The van der Waals surface area contributed by atoms with Gasteiger partial charge in [0.1, 0.15) is 0 Å². The van der Waals surface area contributed by atoms with Gasteiger partial charge in [0.2, 0.25) is 0 Å². The summed E-state index contributed by atoms with van der Waals surface area (Å²) in [6, 6.07) is 0. The lowest BCUT2D eigenvalue weighted by Gasteiger charge is -1.86. The fourth-order valence-corrected chi connectivity index (χ4v) is 0.250. The van der Waals surface area contributed by atoms with Crippen molar-refractivity contribution in [1.29, 1.82) is 0 Å². The SMILES string of the molecule is CC1(C)CC1.Cl. The zero-order chi connectivity index (χ0) is 3.91. The fraction of sp³-hybridized carbons (Fsp3) is 1.00. The summed E-state index contributed by atoms with van der Waals surface area (Å²) in [6.07, 6.45) is 2.90. The first kappa shape index (κ1) is 6.29. The van der Waals surface area contributed by atoms with Gasteiger partial charge in [-0.15, -0.1) is 12.4 Å². The molecule has 38 valence electrons. The molecule has 0 aliphatic heterocycles. The van der Waals surface area contributed by atoms with E-state index in [9.17, 15) is 0 Å². The summed E-state index contributed by atoms with van der Waals surface area (Å²) < 4.78 is 0. The van der Waals surface area contributed by atoms with E-state index in [4.69, 9.17) is 0 Å². The molecule has 0 heterocycles. The van der Waals surface area contributed by atoms with Crippen molar-refractivity contribution in [2.45, 2.75) is 26.7 Å². The van der Waals surface area contributed by atoms with E-state index in [1.54, 1.807) is 0 Å². The monoisotopic (exact) mass is 106 g/mol. The first-order valence-corrected chi connectivity index (χ1v) is 2.21. The average Bonchev–Trinajstić information content (AvgIpc) is 1.76. The number of hydrogen-bond donors (Lipinski definition) is 0. The maximum absolute atomic E-state index is 2.30. The number of hydrogen-bond acceptors (Lipinski definition) is 0. The largest absolute Gasteiger partial charge is 0.147 e. The second kappa shape index (κ2) is 1.42. The predicted octanol–water partition coefficient (Wildman–Crippen LogP) is 2.23. The molecule has 1 heteroatoms. The van der Waals surface area contributed by atoms with Crippen LogP contribution < -0.4 is 0 Å². The van der Waals surface area contributed by atoms with Gasteiger partial charge >= 0.3 is 0 Å². The van der Waals surface area contributed by atoms with E-state index < -0.39 is 0 Å². The van der Waals surface area contributed by atoms with Crippen molar-refractivity contribution in [2.24, 2.45) is 5.41 Å². The Morgan fingerprint density at radius 1 is 1.17 bits per heavy atom. The second-order valence-electron chi connectivity index (χ2n) is 2.66. The predicted molar refractivity (Wildman–Crippen MR) is 30.3 cm³/mol. The molecule has 1 fully saturated rings. The van der Waals surface area contributed by atoms with E-state index >= 15 is 0 Å². The molecular weight excluding hydrogens is 95.5 g/mol. The molecule has 0 aromatic heterocycles. The molecule has 0 spiro atoms. The Morgan fingerprint density at radius 2 is 1.33 bits per heavy atom. The van der Waals surface area contributed by atoms with Crippen LogP contribution in [0.15, 0.2) is 0 Å². The third kappa shape index (κ3) is 1.66. The molecule has 0 atom stereocenters. The van der Waals surface area contributed by atoms with Gasteiger partial charge in [-0.3, -0.25) is 0 Å². The van der Waals surface area contributed by atoms with Crippen LogP contribution in [0.25, 0.3) is 0 Å². The molecule has 0 nitrogen and oxygen atoms in total. The van der Waals surface area contributed by atoms with Crippen LogP contribution in [0.4, 0.5) is 0 Å². The summed E-state index contributed by atoms with van der Waals surface area (Å²) in [4.78, 5) is 0. The smallest absolute Gasteiger partial charge is 0.0354 e. The van der Waals surface area contributed by atoms with E-state index in [0.29, 0.717) is 0 Å². The molecule has 0 radical (unpaired) electrons. The van der Waals surface area contributed by atoms with Crippen molar-refractivity contribution in [2.75, 3.05) is 0 Å². The van der Waals surface area contributed by atoms with Crippen molar-refractivity contribution in [1.82, 2.24) is 0 Å². The lowest BCUT2D eigenvalue weighted by Crippen LogP contribution is -1.75. The number of rotatable bonds is 0. The summed E-state index contributed by atoms with van der Waals surface area (Å²) in [5.41, 5.74) is 0.750. The quantitative estimate of drug-likeness (QED) is 0.444. The molecule has 1 aliphatic carbocycles. The summed E-state index contributed by atoms with van der Waals surface area (Å²) in [5.74, 6) is 0. The zero-order valence-corrected chi connectivity index (χ0v) is 5.14. The van der Waals surface area contributed by atoms with E-state index in [0.717, 1.165) is 5.41 Å². The third-order valence-corrected chi connectivity index (χ3v) is 1.25. The van der Waals surface area contributed by atoms with Gasteiger partial charge in [-0.25, -0.2) is 0 Å². The van der Waals surface area contributed by atoms with Crippen LogP contribution in [0.2, 0.25) is 0 Å². The first-order chi connectivity index (χ1) is 2.21. The lowest BCUT2D eigenvalue weighted by atomic mass is 10.2. The Kier molecular flexibility index (Phi) is 1.49. The molecule has 0 N–H and O–H groups in total. The topological polar surface area (TPSA) is 0 Å². The Morgan fingerprint density at radius 3 is 1.33 bits per heavy atom. The summed E-state index contributed by atoms with van der Waals surface area (Å²) in [6.45, 7) is 4.60. The Hall–Kier alpha value is 0.290. The highest BCUT2D eigenvalue weighted by molar-refractivity contribution is 5.85. The fourth-order valence-electron chi connectivity index (χ4n) is 0.250. The van der Waals surface area contributed by atoms with Gasteiger partial charge in [0.05, 0.1) is 0 Å². The Labute approximate surface area is 45.3 Å². The first-order valence-electron chi connectivity index (χ1n) is 2.21. The summed E-state index contributed by atoms with van der Waals surface area (Å²) in [7, 11) is 0. The van der Waals surface area contributed by atoms with Gasteiger partial charge in [0, 0.05) is 0 Å². The minimum atomic E-state index is 0. The van der Waals surface area contributed by atoms with Crippen LogP contribution in [-0.2, 0) is 0 Å². The van der Waals surface area contributed by atoms with E-state index in [1.807, 2.05) is 0 Å². The van der Waals surface area contributed by atoms with Crippen LogP contribution in [0.1, 0.15) is 26.7 Å². The van der Waals surface area contributed by atoms with Crippen LogP contribution in [0.3, 0.4) is 0 Å². The molecule has 6 heavy (non-hydrogen) atoms. The van der Waals surface area contributed by atoms with Gasteiger partial charge in [-0.1, -0.05) is 13.8 Å². The molecule has 0 amide bonds. The highest BCUT2D eigenvalue weighted by Crippen LogP contribution is 2.43. The maximum Gasteiger partial charge on any atom is -0.0354 e. The average molecular weight is 107 g/mol. The van der Waals surface area contributed by atoms with Crippen molar-refractivity contribution in [3.63, 3.8) is 0 Å². The third-order valence-electron chi connectivity index (χ3n) is 1.25. The van der Waals surface area contributed by atoms with Crippen molar-refractivity contribution < 1.29 is 0 Å². The molecule has 0 unspecified atom stereocenters. The number of halogens is 1. The molecule has 0 aromatic carbocycles. The minimum absolute atomic E-state index is 0. The Bertz CT molecular complexity index is 41.9. The highest BCUT2D eigenvalue weighted by Gasteiger charge is 2.30. The van der Waals surface area contributed by atoms with Crippen molar-refractivity contribution in [3.05, 3.63) is 0 Å². The van der Waals surface area contributed by atoms with E-state index in [1.165, 1.54) is 12.8 Å². The zero-order valence-electron chi connectivity index (χ0n) is 4.32. The molecule has 1 aliphatic rings. The van der Waals surface area contributed by atoms with Gasteiger partial charge < -0.3 is 0 Å². The van der Waals surface area contributed by atoms with Crippen molar-refractivity contribution >= 4 is 12.4 Å². The van der Waals surface area contributed by atoms with Gasteiger partial charge in [0.25, 0.3) is 0 Å². The normalized spacial score (nSPS) is 25.0. The van der Waals surface area contributed by atoms with Gasteiger partial charge in [-0.2, -0.15) is 0 Å². The molecule has 0 bridgehead atoms. The Balaban J connectivity index is 0.000000250. The molecular formula is C5H11Cl. The van der Waals surface area contributed by atoms with Crippen LogP contribution in [0.5, 0.6) is 0 Å². The van der Waals surface area contributed by atoms with Gasteiger partial charge in [-0.05, 0) is 18.3 Å².